The maximum atomic E-state index is 5.81. The lowest BCUT2D eigenvalue weighted by atomic mass is 10.2. The minimum absolute atomic E-state index is 0.559. The van der Waals surface area contributed by atoms with Crippen LogP contribution in [0.1, 0.15) is 12.0 Å². The molecule has 0 bridgehead atoms. The monoisotopic (exact) mass is 318 g/mol. The van der Waals surface area contributed by atoms with Crippen molar-refractivity contribution in [1.29, 1.82) is 0 Å². The smallest absolute Gasteiger partial charge is 0.0508 e. The largest absolute Gasteiger partial charge is 0.374 e. The second-order valence-electron chi connectivity index (χ2n) is 4.50. The second kappa shape index (κ2) is 7.24. The van der Waals surface area contributed by atoms with Crippen molar-refractivity contribution >= 4 is 33.2 Å². The molecule has 1 aromatic carbocycles. The summed E-state index contributed by atoms with van der Waals surface area (Å²) in [6.07, 6.45) is 1.16. The Labute approximate surface area is 118 Å². The second-order valence-corrected chi connectivity index (χ2v) is 5.62. The summed E-state index contributed by atoms with van der Waals surface area (Å²) in [5, 5.41) is 0. The van der Waals surface area contributed by atoms with E-state index in [2.05, 4.69) is 65.1 Å². The molecule has 0 atom stereocenters. The average molecular weight is 320 g/mol. The Balaban J connectivity index is 2.59. The number of rotatable bonds is 6. The minimum atomic E-state index is 0.559. The van der Waals surface area contributed by atoms with Gasteiger partial charge in [0.15, 0.2) is 0 Å². The molecule has 2 nitrogen and oxygen atoms in total. The molecule has 0 saturated heterocycles. The van der Waals surface area contributed by atoms with Crippen molar-refractivity contribution < 1.29 is 0 Å². The first-order valence-electron chi connectivity index (χ1n) is 5.75. The molecule has 0 aliphatic rings. The summed E-state index contributed by atoms with van der Waals surface area (Å²) in [4.78, 5) is 4.48. The van der Waals surface area contributed by atoms with Gasteiger partial charge in [0.25, 0.3) is 0 Å². The SMILES string of the molecule is CN(C)CCCN(C)c1ccc(CCl)cc1Br. The fourth-order valence-electron chi connectivity index (χ4n) is 1.69. The standard InChI is InChI=1S/C13H20BrClN2/c1-16(2)7-4-8-17(3)13-6-5-11(10-15)9-12(13)14/h5-6,9H,4,7-8,10H2,1-3H3. The number of hydrogen-bond acceptors (Lipinski definition) is 2. The van der Waals surface area contributed by atoms with Gasteiger partial charge in [-0.25, -0.2) is 0 Å². The van der Waals surface area contributed by atoms with Crippen LogP contribution in [-0.4, -0.2) is 39.1 Å². The molecule has 0 fully saturated rings. The molecule has 0 radical (unpaired) electrons. The van der Waals surface area contributed by atoms with Crippen molar-refractivity contribution in [1.82, 2.24) is 4.90 Å². The van der Waals surface area contributed by atoms with Crippen molar-refractivity contribution in [2.75, 3.05) is 39.1 Å². The molecule has 0 N–H and O–H groups in total. The fraction of sp³-hybridized carbons (Fsp3) is 0.538. The molecule has 0 aliphatic carbocycles. The van der Waals surface area contributed by atoms with Gasteiger partial charge in [-0.3, -0.25) is 0 Å². The molecular formula is C13H20BrClN2. The summed E-state index contributed by atoms with van der Waals surface area (Å²) in [6, 6.07) is 6.29. The van der Waals surface area contributed by atoms with Crippen LogP contribution in [0.2, 0.25) is 0 Å². The van der Waals surface area contributed by atoms with Crippen molar-refractivity contribution in [3.63, 3.8) is 0 Å². The van der Waals surface area contributed by atoms with Crippen LogP contribution in [0.15, 0.2) is 22.7 Å². The van der Waals surface area contributed by atoms with E-state index >= 15 is 0 Å². The lowest BCUT2D eigenvalue weighted by Crippen LogP contribution is -2.23. The summed E-state index contributed by atoms with van der Waals surface area (Å²) in [5.74, 6) is 0.559. The van der Waals surface area contributed by atoms with E-state index in [1.807, 2.05) is 0 Å². The Morgan fingerprint density at radius 3 is 2.41 bits per heavy atom. The van der Waals surface area contributed by atoms with Crippen LogP contribution in [0.3, 0.4) is 0 Å². The van der Waals surface area contributed by atoms with E-state index in [0.29, 0.717) is 5.88 Å². The zero-order valence-corrected chi connectivity index (χ0v) is 13.1. The maximum Gasteiger partial charge on any atom is 0.0508 e. The molecule has 1 aromatic rings. The Kier molecular flexibility index (Phi) is 6.31. The molecule has 17 heavy (non-hydrogen) atoms. The first-order valence-corrected chi connectivity index (χ1v) is 7.07. The lowest BCUT2D eigenvalue weighted by Gasteiger charge is -2.22. The Morgan fingerprint density at radius 1 is 1.18 bits per heavy atom. The molecule has 4 heteroatoms. The molecule has 1 rings (SSSR count). The van der Waals surface area contributed by atoms with Crippen molar-refractivity contribution in [3.8, 4) is 0 Å². The summed E-state index contributed by atoms with van der Waals surface area (Å²) in [5.41, 5.74) is 2.36. The van der Waals surface area contributed by atoms with Gasteiger partial charge in [-0.05, 0) is 60.7 Å². The van der Waals surface area contributed by atoms with Crippen molar-refractivity contribution in [3.05, 3.63) is 28.2 Å². The summed E-state index contributed by atoms with van der Waals surface area (Å²) in [6.45, 7) is 2.17. The topological polar surface area (TPSA) is 6.48 Å². The van der Waals surface area contributed by atoms with E-state index < -0.39 is 0 Å². The van der Waals surface area contributed by atoms with Crippen LogP contribution >= 0.6 is 27.5 Å². The summed E-state index contributed by atoms with van der Waals surface area (Å²) < 4.78 is 1.11. The predicted octanol–water partition coefficient (Wildman–Crippen LogP) is 3.58. The maximum absolute atomic E-state index is 5.81. The Morgan fingerprint density at radius 2 is 1.88 bits per heavy atom. The molecule has 0 saturated carbocycles. The highest BCUT2D eigenvalue weighted by Gasteiger charge is 2.06. The highest BCUT2D eigenvalue weighted by molar-refractivity contribution is 9.10. The first kappa shape index (κ1) is 14.8. The number of anilines is 1. The third-order valence-electron chi connectivity index (χ3n) is 2.68. The molecule has 0 spiro atoms. The van der Waals surface area contributed by atoms with E-state index in [1.54, 1.807) is 0 Å². The van der Waals surface area contributed by atoms with Gasteiger partial charge in [0, 0.05) is 23.9 Å². The van der Waals surface area contributed by atoms with Crippen LogP contribution < -0.4 is 4.90 Å². The molecule has 0 unspecified atom stereocenters. The number of benzene rings is 1. The number of alkyl halides is 1. The van der Waals surface area contributed by atoms with Crippen LogP contribution in [-0.2, 0) is 5.88 Å². The summed E-state index contributed by atoms with van der Waals surface area (Å²) >= 11 is 9.41. The molecule has 96 valence electrons. The van der Waals surface area contributed by atoms with E-state index in [-0.39, 0.29) is 0 Å². The average Bonchev–Trinajstić information content (AvgIpc) is 2.28. The van der Waals surface area contributed by atoms with Gasteiger partial charge in [-0.1, -0.05) is 6.07 Å². The van der Waals surface area contributed by atoms with Crippen molar-refractivity contribution in [2.24, 2.45) is 0 Å². The fourth-order valence-corrected chi connectivity index (χ4v) is 2.58. The van der Waals surface area contributed by atoms with Gasteiger partial charge in [-0.2, -0.15) is 0 Å². The molecule has 0 aliphatic heterocycles. The van der Waals surface area contributed by atoms with E-state index in [1.165, 1.54) is 5.69 Å². The van der Waals surface area contributed by atoms with E-state index in [0.717, 1.165) is 29.5 Å². The van der Waals surface area contributed by atoms with Gasteiger partial charge in [0.05, 0.1) is 5.69 Å². The molecule has 0 heterocycles. The van der Waals surface area contributed by atoms with Gasteiger partial charge >= 0.3 is 0 Å². The van der Waals surface area contributed by atoms with Crippen molar-refractivity contribution in [2.45, 2.75) is 12.3 Å². The highest BCUT2D eigenvalue weighted by Crippen LogP contribution is 2.27. The van der Waals surface area contributed by atoms with Gasteiger partial charge in [0.2, 0.25) is 0 Å². The van der Waals surface area contributed by atoms with Gasteiger partial charge in [-0.15, -0.1) is 11.6 Å². The third-order valence-corrected chi connectivity index (χ3v) is 3.62. The van der Waals surface area contributed by atoms with Crippen LogP contribution in [0.4, 0.5) is 5.69 Å². The van der Waals surface area contributed by atoms with Gasteiger partial charge in [0.1, 0.15) is 0 Å². The highest BCUT2D eigenvalue weighted by atomic mass is 79.9. The predicted molar refractivity (Wildman–Crippen MR) is 80.1 cm³/mol. The third kappa shape index (κ3) is 4.86. The number of nitrogens with zero attached hydrogens (tertiary/aromatic N) is 2. The van der Waals surface area contributed by atoms with Crippen LogP contribution in [0.25, 0.3) is 0 Å². The van der Waals surface area contributed by atoms with Gasteiger partial charge < -0.3 is 9.80 Å². The zero-order chi connectivity index (χ0) is 12.8. The normalized spacial score (nSPS) is 10.9. The Hall–Kier alpha value is -0.250. The molecule has 0 amide bonds. The number of hydrogen-bond donors (Lipinski definition) is 0. The Bertz CT molecular complexity index is 355. The number of halogens is 2. The van der Waals surface area contributed by atoms with E-state index in [9.17, 15) is 0 Å². The quantitative estimate of drug-likeness (QED) is 0.740. The summed E-state index contributed by atoms with van der Waals surface area (Å²) in [7, 11) is 6.33. The minimum Gasteiger partial charge on any atom is -0.374 e. The van der Waals surface area contributed by atoms with Crippen LogP contribution in [0.5, 0.6) is 0 Å². The molecule has 0 aromatic heterocycles. The van der Waals surface area contributed by atoms with Crippen LogP contribution in [0, 0.1) is 0 Å². The van der Waals surface area contributed by atoms with E-state index in [4.69, 9.17) is 11.6 Å². The zero-order valence-electron chi connectivity index (χ0n) is 10.7. The first-order chi connectivity index (χ1) is 8.04. The molecular weight excluding hydrogens is 300 g/mol. The lowest BCUT2D eigenvalue weighted by molar-refractivity contribution is 0.401.